The lowest BCUT2D eigenvalue weighted by Crippen LogP contribution is -2.30. The summed E-state index contributed by atoms with van der Waals surface area (Å²) in [7, 11) is 0. The number of anilines is 1. The number of halogens is 1. The van der Waals surface area contributed by atoms with Gasteiger partial charge in [0.25, 0.3) is 0 Å². The third-order valence-electron chi connectivity index (χ3n) is 5.17. The Balaban J connectivity index is 1.49. The summed E-state index contributed by atoms with van der Waals surface area (Å²) in [6.07, 6.45) is -0.0457. The van der Waals surface area contributed by atoms with Gasteiger partial charge in [-0.2, -0.15) is 9.97 Å². The zero-order chi connectivity index (χ0) is 20.9. The lowest BCUT2D eigenvalue weighted by molar-refractivity contribution is -0.194. The normalized spacial score (nSPS) is 27.3. The molecule has 1 aromatic carbocycles. The molecule has 9 nitrogen and oxygen atoms in total. The van der Waals surface area contributed by atoms with Crippen LogP contribution in [0.4, 0.5) is 5.82 Å². The SMILES string of the molecule is CC1(C)O[C@@H]2[C@H](O1)[C@@H](C=O)O[C@H]2n1cnc2c(NCc3ccccc3)nc(Cl)nc21. The topological polar surface area (TPSA) is 100 Å². The maximum absolute atomic E-state index is 11.5. The van der Waals surface area contributed by atoms with E-state index in [1.54, 1.807) is 24.7 Å². The fraction of sp³-hybridized carbons (Fsp3) is 0.400. The van der Waals surface area contributed by atoms with Gasteiger partial charge in [-0.25, -0.2) is 4.98 Å². The van der Waals surface area contributed by atoms with Crippen LogP contribution in [-0.4, -0.2) is 49.9 Å². The minimum Gasteiger partial charge on any atom is -0.364 e. The Morgan fingerprint density at radius 3 is 2.73 bits per heavy atom. The number of hydrogen-bond donors (Lipinski definition) is 1. The number of benzene rings is 1. The van der Waals surface area contributed by atoms with Crippen molar-refractivity contribution in [2.75, 3.05) is 5.32 Å². The minimum atomic E-state index is -0.815. The zero-order valence-electron chi connectivity index (χ0n) is 16.4. The summed E-state index contributed by atoms with van der Waals surface area (Å²) in [4.78, 5) is 24.6. The number of imidazole rings is 1. The van der Waals surface area contributed by atoms with Crippen LogP contribution in [0.5, 0.6) is 0 Å². The summed E-state index contributed by atoms with van der Waals surface area (Å²) in [6.45, 7) is 4.17. The largest absolute Gasteiger partial charge is 0.364 e. The second-order valence-electron chi connectivity index (χ2n) is 7.70. The number of carbonyl (C=O) groups excluding carboxylic acids is 1. The molecule has 2 aromatic heterocycles. The van der Waals surface area contributed by atoms with Crippen LogP contribution in [0, 0.1) is 0 Å². The summed E-state index contributed by atoms with van der Waals surface area (Å²) < 4.78 is 19.5. The Bertz CT molecular complexity index is 1090. The molecule has 2 aliphatic heterocycles. The molecule has 0 bridgehead atoms. The van der Waals surface area contributed by atoms with Gasteiger partial charge in [-0.15, -0.1) is 0 Å². The molecule has 156 valence electrons. The van der Waals surface area contributed by atoms with E-state index in [2.05, 4.69) is 20.3 Å². The molecule has 2 fully saturated rings. The summed E-state index contributed by atoms with van der Waals surface area (Å²) in [5.41, 5.74) is 2.12. The van der Waals surface area contributed by atoms with Gasteiger partial charge in [0.15, 0.2) is 35.3 Å². The molecule has 4 atom stereocenters. The molecule has 2 saturated heterocycles. The maximum Gasteiger partial charge on any atom is 0.226 e. The van der Waals surface area contributed by atoms with Gasteiger partial charge < -0.3 is 24.3 Å². The smallest absolute Gasteiger partial charge is 0.226 e. The highest BCUT2D eigenvalue weighted by molar-refractivity contribution is 6.28. The molecule has 5 rings (SSSR count). The van der Waals surface area contributed by atoms with Crippen LogP contribution in [0.3, 0.4) is 0 Å². The van der Waals surface area contributed by atoms with Crippen molar-refractivity contribution in [3.63, 3.8) is 0 Å². The van der Waals surface area contributed by atoms with Crippen LogP contribution in [0.15, 0.2) is 36.7 Å². The first-order chi connectivity index (χ1) is 14.4. The second-order valence-corrected chi connectivity index (χ2v) is 8.03. The third kappa shape index (κ3) is 3.33. The van der Waals surface area contributed by atoms with Crippen LogP contribution in [0.1, 0.15) is 25.6 Å². The fourth-order valence-electron chi connectivity index (χ4n) is 3.92. The maximum atomic E-state index is 11.5. The van der Waals surface area contributed by atoms with Gasteiger partial charge in [0.2, 0.25) is 5.28 Å². The summed E-state index contributed by atoms with van der Waals surface area (Å²) in [5.74, 6) is -0.303. The van der Waals surface area contributed by atoms with Gasteiger partial charge in [-0.1, -0.05) is 30.3 Å². The molecule has 0 unspecified atom stereocenters. The standard InChI is InChI=1S/C20H20ClN5O4/c1-20(2)29-14-12(9-27)28-18(15(14)30-20)26-10-23-13-16(24-19(21)25-17(13)26)22-8-11-6-4-3-5-7-11/h3-7,9-10,12,14-15,18H,8H2,1-2H3,(H,22,24,25)/t12-,14-,15-,18-/m1/s1. The van der Waals surface area contributed by atoms with Gasteiger partial charge in [0, 0.05) is 6.54 Å². The molecule has 0 spiro atoms. The highest BCUT2D eigenvalue weighted by atomic mass is 35.5. The van der Waals surface area contributed by atoms with E-state index in [4.69, 9.17) is 25.8 Å². The van der Waals surface area contributed by atoms with Crippen molar-refractivity contribution >= 4 is 34.9 Å². The first-order valence-corrected chi connectivity index (χ1v) is 9.97. The average Bonchev–Trinajstić information content (AvgIpc) is 3.37. The minimum absolute atomic E-state index is 0.0743. The molecule has 30 heavy (non-hydrogen) atoms. The molecule has 1 N–H and O–H groups in total. The van der Waals surface area contributed by atoms with Crippen molar-refractivity contribution in [2.45, 2.75) is 50.7 Å². The predicted octanol–water partition coefficient (Wildman–Crippen LogP) is 2.71. The highest BCUT2D eigenvalue weighted by Crippen LogP contribution is 2.43. The molecule has 0 saturated carbocycles. The summed E-state index contributed by atoms with van der Waals surface area (Å²) in [5, 5.41) is 3.34. The number of carbonyl (C=O) groups is 1. The number of hydrogen-bond acceptors (Lipinski definition) is 8. The number of rotatable bonds is 5. The predicted molar refractivity (Wildman–Crippen MR) is 108 cm³/mol. The Morgan fingerprint density at radius 1 is 1.20 bits per heavy atom. The quantitative estimate of drug-likeness (QED) is 0.488. The monoisotopic (exact) mass is 429 g/mol. The van der Waals surface area contributed by atoms with Gasteiger partial charge in [0.1, 0.15) is 18.3 Å². The lowest BCUT2D eigenvalue weighted by Gasteiger charge is -2.23. The van der Waals surface area contributed by atoms with Crippen LogP contribution in [0.25, 0.3) is 11.2 Å². The van der Waals surface area contributed by atoms with Gasteiger partial charge in [-0.3, -0.25) is 4.57 Å². The number of ether oxygens (including phenoxy) is 3. The lowest BCUT2D eigenvalue weighted by atomic mass is 10.1. The van der Waals surface area contributed by atoms with E-state index in [0.29, 0.717) is 23.5 Å². The summed E-state index contributed by atoms with van der Waals surface area (Å²) >= 11 is 6.20. The van der Waals surface area contributed by atoms with Crippen molar-refractivity contribution < 1.29 is 19.0 Å². The van der Waals surface area contributed by atoms with Crippen molar-refractivity contribution in [3.8, 4) is 0 Å². The molecule has 2 aliphatic rings. The van der Waals surface area contributed by atoms with Crippen LogP contribution >= 0.6 is 11.6 Å². The Labute approximate surface area is 177 Å². The van der Waals surface area contributed by atoms with Crippen molar-refractivity contribution in [3.05, 3.63) is 47.5 Å². The van der Waals surface area contributed by atoms with Crippen LogP contribution in [0.2, 0.25) is 5.28 Å². The van der Waals surface area contributed by atoms with Crippen LogP contribution < -0.4 is 5.32 Å². The molecule has 10 heteroatoms. The van der Waals surface area contributed by atoms with E-state index in [0.717, 1.165) is 11.8 Å². The van der Waals surface area contributed by atoms with E-state index >= 15 is 0 Å². The van der Waals surface area contributed by atoms with Gasteiger partial charge in [0.05, 0.1) is 6.33 Å². The van der Waals surface area contributed by atoms with E-state index in [1.165, 1.54) is 0 Å². The molecule has 4 heterocycles. The number of nitrogens with zero attached hydrogens (tertiary/aromatic N) is 4. The molecule has 3 aromatic rings. The first kappa shape index (κ1) is 19.4. The second kappa shape index (κ2) is 7.28. The fourth-order valence-corrected chi connectivity index (χ4v) is 4.09. The first-order valence-electron chi connectivity index (χ1n) is 9.59. The van der Waals surface area contributed by atoms with Gasteiger partial charge >= 0.3 is 0 Å². The molecular weight excluding hydrogens is 410 g/mol. The third-order valence-corrected chi connectivity index (χ3v) is 5.34. The molecule has 0 radical (unpaired) electrons. The number of aldehydes is 1. The van der Waals surface area contributed by atoms with E-state index in [9.17, 15) is 4.79 Å². The number of aromatic nitrogens is 4. The van der Waals surface area contributed by atoms with Crippen molar-refractivity contribution in [2.24, 2.45) is 0 Å². The van der Waals surface area contributed by atoms with E-state index in [-0.39, 0.29) is 5.28 Å². The Hall–Kier alpha value is -2.59. The van der Waals surface area contributed by atoms with E-state index in [1.807, 2.05) is 30.3 Å². The molecule has 0 amide bonds. The molecule has 0 aliphatic carbocycles. The molecular formula is C20H20ClN5O4. The highest BCUT2D eigenvalue weighted by Gasteiger charge is 2.56. The Kier molecular flexibility index (Phi) is 4.70. The Morgan fingerprint density at radius 2 is 1.97 bits per heavy atom. The average molecular weight is 430 g/mol. The van der Waals surface area contributed by atoms with Gasteiger partial charge in [-0.05, 0) is 31.0 Å². The summed E-state index contributed by atoms with van der Waals surface area (Å²) in [6, 6.07) is 9.92. The van der Waals surface area contributed by atoms with E-state index < -0.39 is 30.3 Å². The zero-order valence-corrected chi connectivity index (χ0v) is 17.1. The number of nitrogens with one attached hydrogen (secondary N) is 1. The van der Waals surface area contributed by atoms with Crippen molar-refractivity contribution in [1.29, 1.82) is 0 Å². The van der Waals surface area contributed by atoms with Crippen LogP contribution in [-0.2, 0) is 25.5 Å². The number of fused-ring (bicyclic) bond motifs is 2. The van der Waals surface area contributed by atoms with Crippen molar-refractivity contribution in [1.82, 2.24) is 19.5 Å².